The zero-order valence-corrected chi connectivity index (χ0v) is 10.5. The van der Waals surface area contributed by atoms with Gasteiger partial charge in [-0.05, 0) is 6.92 Å². The molecule has 16 heavy (non-hydrogen) atoms. The molecule has 0 N–H and O–H groups in total. The fourth-order valence-corrected chi connectivity index (χ4v) is 1.72. The Morgan fingerprint density at radius 1 is 1.19 bits per heavy atom. The Balaban J connectivity index is 4.22. The van der Waals surface area contributed by atoms with E-state index in [4.69, 9.17) is 0 Å². The Bertz CT molecular complexity index is 268. The number of ether oxygens (including phenoxy) is 2. The predicted molar refractivity (Wildman–Crippen MR) is 64.2 cm³/mol. The van der Waals surface area contributed by atoms with Crippen molar-refractivity contribution < 1.29 is 19.1 Å². The van der Waals surface area contributed by atoms with Gasteiger partial charge in [-0.2, -0.15) is 0 Å². The van der Waals surface area contributed by atoms with E-state index in [1.807, 2.05) is 31.2 Å². The van der Waals surface area contributed by atoms with Gasteiger partial charge in [0.1, 0.15) is 0 Å². The average Bonchev–Trinajstić information content (AvgIpc) is 2.32. The van der Waals surface area contributed by atoms with E-state index in [0.29, 0.717) is 5.75 Å². The fourth-order valence-electron chi connectivity index (χ4n) is 0.843. The van der Waals surface area contributed by atoms with Crippen LogP contribution in [0.1, 0.15) is 6.92 Å². The van der Waals surface area contributed by atoms with Crippen LogP contribution in [0.2, 0.25) is 0 Å². The van der Waals surface area contributed by atoms with E-state index in [-0.39, 0.29) is 0 Å². The van der Waals surface area contributed by atoms with Gasteiger partial charge in [-0.15, -0.1) is 11.8 Å². The second-order valence-electron chi connectivity index (χ2n) is 2.71. The summed E-state index contributed by atoms with van der Waals surface area (Å²) in [5.41, 5.74) is 0. The largest absolute Gasteiger partial charge is 0.468 e. The molecule has 0 aromatic rings. The van der Waals surface area contributed by atoms with Gasteiger partial charge >= 0.3 is 11.9 Å². The number of hydrogen-bond donors (Lipinski definition) is 0. The van der Waals surface area contributed by atoms with E-state index >= 15 is 0 Å². The monoisotopic (exact) mass is 244 g/mol. The molecule has 0 saturated heterocycles. The third kappa shape index (κ3) is 5.60. The smallest absolute Gasteiger partial charge is 0.330 e. The maximum Gasteiger partial charge on any atom is 0.330 e. The molecule has 0 fully saturated rings. The maximum atomic E-state index is 11.3. The first kappa shape index (κ1) is 14.8. The zero-order valence-electron chi connectivity index (χ0n) is 9.64. The summed E-state index contributed by atoms with van der Waals surface area (Å²) in [6.07, 6.45) is 7.45. The van der Waals surface area contributed by atoms with Gasteiger partial charge in [-0.3, -0.25) is 9.59 Å². The van der Waals surface area contributed by atoms with Crippen LogP contribution in [0.5, 0.6) is 0 Å². The number of rotatable bonds is 6. The normalized spacial score (nSPS) is 11.2. The SMILES string of the molecule is CC=CC=CCSC(C(=O)OC)C(=O)OC. The molecule has 0 bridgehead atoms. The molecule has 90 valence electrons. The van der Waals surface area contributed by atoms with Crippen LogP contribution < -0.4 is 0 Å². The van der Waals surface area contributed by atoms with E-state index < -0.39 is 17.2 Å². The minimum absolute atomic E-state index is 0.541. The summed E-state index contributed by atoms with van der Waals surface area (Å²) in [5, 5.41) is -0.912. The van der Waals surface area contributed by atoms with Crippen molar-refractivity contribution in [2.45, 2.75) is 12.2 Å². The highest BCUT2D eigenvalue weighted by Crippen LogP contribution is 2.14. The topological polar surface area (TPSA) is 52.6 Å². The van der Waals surface area contributed by atoms with Crippen LogP contribution in [-0.4, -0.2) is 37.2 Å². The molecule has 0 radical (unpaired) electrons. The number of carbonyl (C=O) groups excluding carboxylic acids is 2. The first-order chi connectivity index (χ1) is 7.67. The number of hydrogen-bond acceptors (Lipinski definition) is 5. The summed E-state index contributed by atoms with van der Waals surface area (Å²) in [5.74, 6) is -0.633. The Kier molecular flexibility index (Phi) is 8.34. The molecule has 0 unspecified atom stereocenters. The molecule has 0 aromatic carbocycles. The van der Waals surface area contributed by atoms with Crippen molar-refractivity contribution in [3.8, 4) is 0 Å². The van der Waals surface area contributed by atoms with Crippen LogP contribution in [0.15, 0.2) is 24.3 Å². The molecule has 0 rings (SSSR count). The van der Waals surface area contributed by atoms with Crippen LogP contribution >= 0.6 is 11.8 Å². The van der Waals surface area contributed by atoms with Gasteiger partial charge in [0.15, 0.2) is 5.25 Å². The molecule has 5 heteroatoms. The minimum Gasteiger partial charge on any atom is -0.468 e. The van der Waals surface area contributed by atoms with Crippen molar-refractivity contribution in [2.75, 3.05) is 20.0 Å². The zero-order chi connectivity index (χ0) is 12.4. The highest BCUT2D eigenvalue weighted by molar-refractivity contribution is 8.01. The predicted octanol–water partition coefficient (Wildman–Crippen LogP) is 1.57. The highest BCUT2D eigenvalue weighted by atomic mass is 32.2. The number of methoxy groups -OCH3 is 2. The van der Waals surface area contributed by atoms with Crippen LogP contribution in [0.25, 0.3) is 0 Å². The van der Waals surface area contributed by atoms with Crippen molar-refractivity contribution in [1.82, 2.24) is 0 Å². The van der Waals surface area contributed by atoms with Crippen molar-refractivity contribution in [3.63, 3.8) is 0 Å². The molecule has 0 aliphatic heterocycles. The van der Waals surface area contributed by atoms with E-state index in [1.165, 1.54) is 26.0 Å². The maximum absolute atomic E-state index is 11.3. The van der Waals surface area contributed by atoms with Gasteiger partial charge in [0.05, 0.1) is 14.2 Å². The van der Waals surface area contributed by atoms with Crippen LogP contribution in [0, 0.1) is 0 Å². The lowest BCUT2D eigenvalue weighted by Crippen LogP contribution is -2.29. The first-order valence-electron chi connectivity index (χ1n) is 4.72. The quantitative estimate of drug-likeness (QED) is 0.403. The van der Waals surface area contributed by atoms with Crippen molar-refractivity contribution >= 4 is 23.7 Å². The lowest BCUT2D eigenvalue weighted by molar-refractivity contribution is -0.150. The minimum atomic E-state index is -0.912. The van der Waals surface area contributed by atoms with Gasteiger partial charge in [-0.25, -0.2) is 0 Å². The summed E-state index contributed by atoms with van der Waals surface area (Å²) in [6, 6.07) is 0. The lowest BCUT2D eigenvalue weighted by atomic mass is 10.4. The number of thioether (sulfide) groups is 1. The summed E-state index contributed by atoms with van der Waals surface area (Å²) in [6.45, 7) is 1.91. The van der Waals surface area contributed by atoms with Gasteiger partial charge in [0.25, 0.3) is 0 Å². The van der Waals surface area contributed by atoms with Gasteiger partial charge in [-0.1, -0.05) is 24.3 Å². The Morgan fingerprint density at radius 2 is 1.75 bits per heavy atom. The molecular weight excluding hydrogens is 228 g/mol. The third-order valence-electron chi connectivity index (χ3n) is 1.63. The lowest BCUT2D eigenvalue weighted by Gasteiger charge is -2.10. The highest BCUT2D eigenvalue weighted by Gasteiger charge is 2.28. The average molecular weight is 244 g/mol. The molecule has 0 aliphatic carbocycles. The molecule has 0 aliphatic rings. The Morgan fingerprint density at radius 3 is 2.19 bits per heavy atom. The summed E-state index contributed by atoms with van der Waals surface area (Å²) < 4.78 is 9.03. The molecular formula is C11H16O4S. The van der Waals surface area contributed by atoms with Crippen LogP contribution in [-0.2, 0) is 19.1 Å². The molecule has 4 nitrogen and oxygen atoms in total. The molecule has 0 atom stereocenters. The first-order valence-corrected chi connectivity index (χ1v) is 5.77. The van der Waals surface area contributed by atoms with E-state index in [1.54, 1.807) is 0 Å². The van der Waals surface area contributed by atoms with Crippen molar-refractivity contribution in [2.24, 2.45) is 0 Å². The molecule has 0 spiro atoms. The molecule has 0 saturated carbocycles. The Hall–Kier alpha value is -1.23. The second-order valence-corrected chi connectivity index (χ2v) is 3.85. The van der Waals surface area contributed by atoms with E-state index in [9.17, 15) is 9.59 Å². The second kappa shape index (κ2) is 9.03. The molecule has 0 amide bonds. The fraction of sp³-hybridized carbons (Fsp3) is 0.455. The summed E-state index contributed by atoms with van der Waals surface area (Å²) >= 11 is 1.17. The molecule has 0 aromatic heterocycles. The van der Waals surface area contributed by atoms with Crippen LogP contribution in [0.4, 0.5) is 0 Å². The number of esters is 2. The summed E-state index contributed by atoms with van der Waals surface area (Å²) in [4.78, 5) is 22.5. The van der Waals surface area contributed by atoms with E-state index in [0.717, 1.165) is 0 Å². The third-order valence-corrected chi connectivity index (χ3v) is 2.73. The van der Waals surface area contributed by atoms with Gasteiger partial charge in [0.2, 0.25) is 0 Å². The molecule has 0 heterocycles. The standard InChI is InChI=1S/C11H16O4S/c1-4-5-6-7-8-16-9(10(12)14-2)11(13)15-3/h4-7,9H,8H2,1-3H3. The van der Waals surface area contributed by atoms with E-state index in [2.05, 4.69) is 9.47 Å². The van der Waals surface area contributed by atoms with Crippen molar-refractivity contribution in [3.05, 3.63) is 24.3 Å². The van der Waals surface area contributed by atoms with Gasteiger partial charge in [0, 0.05) is 5.75 Å². The van der Waals surface area contributed by atoms with Crippen LogP contribution in [0.3, 0.4) is 0 Å². The van der Waals surface area contributed by atoms with Crippen molar-refractivity contribution in [1.29, 1.82) is 0 Å². The number of carbonyl (C=O) groups is 2. The summed E-state index contributed by atoms with van der Waals surface area (Å²) in [7, 11) is 2.49. The Labute approximate surface area is 99.7 Å². The number of allylic oxidation sites excluding steroid dienone is 3. The van der Waals surface area contributed by atoms with Gasteiger partial charge < -0.3 is 9.47 Å².